The van der Waals surface area contributed by atoms with Gasteiger partial charge in [-0.1, -0.05) is 12.1 Å². The van der Waals surface area contributed by atoms with Crippen LogP contribution in [0.5, 0.6) is 0 Å². The number of rotatable bonds is 6. The van der Waals surface area contributed by atoms with E-state index in [1.165, 1.54) is 0 Å². The van der Waals surface area contributed by atoms with E-state index < -0.39 is 5.97 Å². The molecule has 0 aliphatic carbocycles. The normalized spacial score (nSPS) is 11.8. The molecule has 4 nitrogen and oxygen atoms in total. The standard InChI is InChI=1S/C13H16N2O2/c1-10(15-8-2-3-13(16)17)12-6-4-11(9-14)5-7-12/h4-7,10,15H,2-3,8H2,1H3,(H,16,17). The summed E-state index contributed by atoms with van der Waals surface area (Å²) >= 11 is 0. The van der Waals surface area contributed by atoms with Gasteiger partial charge < -0.3 is 10.4 Å². The van der Waals surface area contributed by atoms with Gasteiger partial charge in [0.1, 0.15) is 0 Å². The summed E-state index contributed by atoms with van der Waals surface area (Å²) in [5, 5.41) is 20.4. The number of benzene rings is 1. The van der Waals surface area contributed by atoms with Crippen LogP contribution in [0.4, 0.5) is 0 Å². The number of hydrogen-bond acceptors (Lipinski definition) is 3. The van der Waals surface area contributed by atoms with Gasteiger partial charge in [-0.05, 0) is 37.6 Å². The largest absolute Gasteiger partial charge is 0.481 e. The van der Waals surface area contributed by atoms with Crippen molar-refractivity contribution in [2.75, 3.05) is 6.54 Å². The minimum Gasteiger partial charge on any atom is -0.481 e. The molecule has 0 heterocycles. The smallest absolute Gasteiger partial charge is 0.303 e. The van der Waals surface area contributed by atoms with Crippen molar-refractivity contribution in [3.8, 4) is 6.07 Å². The van der Waals surface area contributed by atoms with Crippen LogP contribution >= 0.6 is 0 Å². The fraction of sp³-hybridized carbons (Fsp3) is 0.385. The summed E-state index contributed by atoms with van der Waals surface area (Å²) in [6, 6.07) is 9.62. The van der Waals surface area contributed by atoms with Crippen molar-refractivity contribution in [3.05, 3.63) is 35.4 Å². The van der Waals surface area contributed by atoms with E-state index in [1.807, 2.05) is 19.1 Å². The molecule has 0 saturated heterocycles. The summed E-state index contributed by atoms with van der Waals surface area (Å²) < 4.78 is 0. The molecule has 2 N–H and O–H groups in total. The van der Waals surface area contributed by atoms with E-state index in [4.69, 9.17) is 10.4 Å². The molecule has 0 saturated carbocycles. The van der Waals surface area contributed by atoms with Crippen LogP contribution in [0, 0.1) is 11.3 Å². The maximum Gasteiger partial charge on any atom is 0.303 e. The van der Waals surface area contributed by atoms with Crippen LogP contribution in [0.3, 0.4) is 0 Å². The molecule has 0 radical (unpaired) electrons. The Labute approximate surface area is 101 Å². The summed E-state index contributed by atoms with van der Waals surface area (Å²) in [6.45, 7) is 2.69. The molecule has 0 spiro atoms. The van der Waals surface area contributed by atoms with E-state index in [9.17, 15) is 4.79 Å². The average molecular weight is 232 g/mol. The first kappa shape index (κ1) is 13.2. The summed E-state index contributed by atoms with van der Waals surface area (Å²) in [6.07, 6.45) is 0.809. The minimum absolute atomic E-state index is 0.163. The van der Waals surface area contributed by atoms with Crippen molar-refractivity contribution in [2.24, 2.45) is 0 Å². The second-order valence-electron chi connectivity index (χ2n) is 3.91. The van der Waals surface area contributed by atoms with Crippen LogP contribution in [-0.2, 0) is 4.79 Å². The molecule has 0 aliphatic heterocycles. The highest BCUT2D eigenvalue weighted by Gasteiger charge is 2.04. The van der Waals surface area contributed by atoms with E-state index >= 15 is 0 Å². The van der Waals surface area contributed by atoms with Gasteiger partial charge in [-0.25, -0.2) is 0 Å². The summed E-state index contributed by atoms with van der Waals surface area (Å²) in [5.41, 5.74) is 1.74. The third-order valence-electron chi connectivity index (χ3n) is 2.56. The topological polar surface area (TPSA) is 73.1 Å². The van der Waals surface area contributed by atoms with Gasteiger partial charge in [-0.15, -0.1) is 0 Å². The molecule has 17 heavy (non-hydrogen) atoms. The van der Waals surface area contributed by atoms with Gasteiger partial charge in [0.15, 0.2) is 0 Å². The molecule has 1 unspecified atom stereocenters. The highest BCUT2D eigenvalue weighted by atomic mass is 16.4. The van der Waals surface area contributed by atoms with Gasteiger partial charge in [0.2, 0.25) is 0 Å². The highest BCUT2D eigenvalue weighted by Crippen LogP contribution is 2.12. The number of nitrogens with one attached hydrogen (secondary N) is 1. The van der Waals surface area contributed by atoms with E-state index in [2.05, 4.69) is 11.4 Å². The Morgan fingerprint density at radius 1 is 1.47 bits per heavy atom. The second kappa shape index (κ2) is 6.66. The van der Waals surface area contributed by atoms with Gasteiger partial charge in [0.05, 0.1) is 11.6 Å². The predicted octanol–water partition coefficient (Wildman–Crippen LogP) is 2.07. The maximum atomic E-state index is 10.3. The molecule has 4 heteroatoms. The summed E-state index contributed by atoms with van der Waals surface area (Å²) in [5.74, 6) is -0.766. The fourth-order valence-corrected chi connectivity index (χ4v) is 1.52. The van der Waals surface area contributed by atoms with Gasteiger partial charge in [0, 0.05) is 12.5 Å². The number of aliphatic carboxylic acids is 1. The molecule has 1 atom stereocenters. The zero-order chi connectivity index (χ0) is 12.7. The van der Waals surface area contributed by atoms with Crippen molar-refractivity contribution < 1.29 is 9.90 Å². The van der Waals surface area contributed by atoms with Crippen molar-refractivity contribution in [3.63, 3.8) is 0 Å². The summed E-state index contributed by atoms with van der Waals surface area (Å²) in [7, 11) is 0. The second-order valence-corrected chi connectivity index (χ2v) is 3.91. The fourth-order valence-electron chi connectivity index (χ4n) is 1.52. The zero-order valence-electron chi connectivity index (χ0n) is 9.81. The Morgan fingerprint density at radius 2 is 2.12 bits per heavy atom. The monoisotopic (exact) mass is 232 g/mol. The molecular weight excluding hydrogens is 216 g/mol. The maximum absolute atomic E-state index is 10.3. The molecule has 1 aromatic rings. The predicted molar refractivity (Wildman–Crippen MR) is 64.4 cm³/mol. The van der Waals surface area contributed by atoms with E-state index in [1.54, 1.807) is 12.1 Å². The van der Waals surface area contributed by atoms with Crippen LogP contribution in [0.15, 0.2) is 24.3 Å². The SMILES string of the molecule is CC(NCCCC(=O)O)c1ccc(C#N)cc1. The lowest BCUT2D eigenvalue weighted by Crippen LogP contribution is -2.20. The summed E-state index contributed by atoms with van der Waals surface area (Å²) in [4.78, 5) is 10.3. The molecule has 0 amide bonds. The van der Waals surface area contributed by atoms with E-state index in [0.29, 0.717) is 18.5 Å². The Bertz CT molecular complexity index is 406. The number of hydrogen-bond donors (Lipinski definition) is 2. The van der Waals surface area contributed by atoms with Crippen molar-refractivity contribution in [1.29, 1.82) is 5.26 Å². The van der Waals surface area contributed by atoms with E-state index in [-0.39, 0.29) is 12.5 Å². The average Bonchev–Trinajstić information content (AvgIpc) is 2.34. The van der Waals surface area contributed by atoms with E-state index in [0.717, 1.165) is 5.56 Å². The molecule has 90 valence electrons. The molecular formula is C13H16N2O2. The first-order valence-corrected chi connectivity index (χ1v) is 5.58. The highest BCUT2D eigenvalue weighted by molar-refractivity contribution is 5.66. The molecule has 0 bridgehead atoms. The molecule has 0 fully saturated rings. The third-order valence-corrected chi connectivity index (χ3v) is 2.56. The van der Waals surface area contributed by atoms with Gasteiger partial charge in [-0.3, -0.25) is 4.79 Å². The molecule has 0 aliphatic rings. The van der Waals surface area contributed by atoms with Crippen LogP contribution in [-0.4, -0.2) is 17.6 Å². The Balaban J connectivity index is 2.39. The lowest BCUT2D eigenvalue weighted by molar-refractivity contribution is -0.137. The van der Waals surface area contributed by atoms with Crippen LogP contribution < -0.4 is 5.32 Å². The van der Waals surface area contributed by atoms with Crippen LogP contribution in [0.2, 0.25) is 0 Å². The molecule has 0 aromatic heterocycles. The molecule has 1 aromatic carbocycles. The first-order valence-electron chi connectivity index (χ1n) is 5.58. The minimum atomic E-state index is -0.766. The quantitative estimate of drug-likeness (QED) is 0.736. The van der Waals surface area contributed by atoms with Crippen molar-refractivity contribution in [1.82, 2.24) is 5.32 Å². The van der Waals surface area contributed by atoms with Crippen LogP contribution in [0.1, 0.15) is 36.9 Å². The lowest BCUT2D eigenvalue weighted by Gasteiger charge is -2.13. The van der Waals surface area contributed by atoms with Gasteiger partial charge >= 0.3 is 5.97 Å². The number of carboxylic acid groups (broad SMARTS) is 1. The lowest BCUT2D eigenvalue weighted by atomic mass is 10.1. The number of nitrogens with zero attached hydrogens (tertiary/aromatic N) is 1. The number of carboxylic acids is 1. The Hall–Kier alpha value is -1.86. The van der Waals surface area contributed by atoms with Gasteiger partial charge in [-0.2, -0.15) is 5.26 Å². The van der Waals surface area contributed by atoms with Crippen molar-refractivity contribution >= 4 is 5.97 Å². The Morgan fingerprint density at radius 3 is 2.65 bits per heavy atom. The van der Waals surface area contributed by atoms with Crippen molar-refractivity contribution in [2.45, 2.75) is 25.8 Å². The zero-order valence-corrected chi connectivity index (χ0v) is 9.81. The van der Waals surface area contributed by atoms with Crippen LogP contribution in [0.25, 0.3) is 0 Å². The molecule has 1 rings (SSSR count). The third kappa shape index (κ3) is 4.66. The Kier molecular flexibility index (Phi) is 5.18. The number of nitriles is 1. The number of carbonyl (C=O) groups is 1. The van der Waals surface area contributed by atoms with Gasteiger partial charge in [0.25, 0.3) is 0 Å². The first-order chi connectivity index (χ1) is 8.13.